The molecule has 3 aliphatic heterocycles. The number of nitrogens with one attached hydrogen (secondary N) is 2. The molecule has 0 bridgehead atoms. The Bertz CT molecular complexity index is 653. The third-order valence-electron chi connectivity index (χ3n) is 6.44. The van der Waals surface area contributed by atoms with Gasteiger partial charge in [-0.1, -0.05) is 6.07 Å². The first-order valence-electron chi connectivity index (χ1n) is 11.4. The van der Waals surface area contributed by atoms with Crippen molar-refractivity contribution in [3.8, 4) is 0 Å². The SMILES string of the molecule is O=C(NCc1ccc(N2CCCCC2)nc1)NCC(C1CCOC1)N1CCOCC1. The van der Waals surface area contributed by atoms with E-state index in [1.165, 1.54) is 19.3 Å². The topological polar surface area (TPSA) is 79.0 Å². The molecule has 3 aliphatic rings. The van der Waals surface area contributed by atoms with Crippen molar-refractivity contribution in [1.29, 1.82) is 0 Å². The molecule has 1 aromatic rings. The molecular weight excluding hydrogens is 382 g/mol. The Labute approximate surface area is 179 Å². The molecule has 0 spiro atoms. The quantitative estimate of drug-likeness (QED) is 0.702. The number of ether oxygens (including phenoxy) is 2. The van der Waals surface area contributed by atoms with Crippen molar-refractivity contribution in [1.82, 2.24) is 20.5 Å². The Morgan fingerprint density at radius 3 is 2.60 bits per heavy atom. The Kier molecular flexibility index (Phi) is 7.77. The number of pyridine rings is 1. The van der Waals surface area contributed by atoms with Gasteiger partial charge in [0.25, 0.3) is 0 Å². The molecule has 2 amide bonds. The van der Waals surface area contributed by atoms with Crippen LogP contribution < -0.4 is 15.5 Å². The fourth-order valence-corrected chi connectivity index (χ4v) is 4.63. The molecule has 3 fully saturated rings. The Hall–Kier alpha value is -1.90. The summed E-state index contributed by atoms with van der Waals surface area (Å²) in [5.74, 6) is 1.50. The second kappa shape index (κ2) is 10.9. The van der Waals surface area contributed by atoms with E-state index in [2.05, 4.69) is 37.6 Å². The third-order valence-corrected chi connectivity index (χ3v) is 6.44. The smallest absolute Gasteiger partial charge is 0.315 e. The monoisotopic (exact) mass is 417 g/mol. The van der Waals surface area contributed by atoms with E-state index in [0.717, 1.165) is 70.4 Å². The number of morpholine rings is 1. The molecule has 4 heterocycles. The number of nitrogens with zero attached hydrogens (tertiary/aromatic N) is 3. The molecule has 8 nitrogen and oxygen atoms in total. The highest BCUT2D eigenvalue weighted by atomic mass is 16.5. The standard InChI is InChI=1S/C22H35N5O3/c28-22(24-15-18-4-5-21(23-14-18)27-7-2-1-3-8-27)25-16-20(19-6-11-30-17-19)26-9-12-29-13-10-26/h4-5,14,19-20H,1-3,6-13,15-17H2,(H2,24,25,28). The highest BCUT2D eigenvalue weighted by Gasteiger charge is 2.31. The number of anilines is 1. The van der Waals surface area contributed by atoms with Crippen LogP contribution in [0.15, 0.2) is 18.3 Å². The van der Waals surface area contributed by atoms with Crippen LogP contribution in [0.1, 0.15) is 31.2 Å². The van der Waals surface area contributed by atoms with E-state index in [-0.39, 0.29) is 6.03 Å². The van der Waals surface area contributed by atoms with Crippen molar-refractivity contribution >= 4 is 11.8 Å². The van der Waals surface area contributed by atoms with Crippen molar-refractivity contribution in [2.45, 2.75) is 38.3 Å². The first kappa shape index (κ1) is 21.3. The van der Waals surface area contributed by atoms with Crippen LogP contribution in [-0.2, 0) is 16.0 Å². The van der Waals surface area contributed by atoms with Crippen LogP contribution in [0, 0.1) is 5.92 Å². The van der Waals surface area contributed by atoms with Gasteiger partial charge < -0.3 is 25.0 Å². The van der Waals surface area contributed by atoms with Crippen LogP contribution in [0.2, 0.25) is 0 Å². The van der Waals surface area contributed by atoms with Gasteiger partial charge in [0, 0.05) is 64.0 Å². The van der Waals surface area contributed by atoms with E-state index in [9.17, 15) is 4.79 Å². The minimum absolute atomic E-state index is 0.132. The van der Waals surface area contributed by atoms with E-state index >= 15 is 0 Å². The second-order valence-electron chi connectivity index (χ2n) is 8.48. The van der Waals surface area contributed by atoms with Crippen LogP contribution in [0.3, 0.4) is 0 Å². The van der Waals surface area contributed by atoms with Gasteiger partial charge in [-0.15, -0.1) is 0 Å². The molecule has 2 N–H and O–H groups in total. The molecule has 30 heavy (non-hydrogen) atoms. The van der Waals surface area contributed by atoms with E-state index in [1.54, 1.807) is 0 Å². The minimum atomic E-state index is -0.132. The van der Waals surface area contributed by atoms with Crippen molar-refractivity contribution in [2.75, 3.05) is 64.1 Å². The number of urea groups is 1. The molecule has 0 radical (unpaired) electrons. The normalized spacial score (nSPS) is 23.9. The lowest BCUT2D eigenvalue weighted by Crippen LogP contribution is -2.53. The van der Waals surface area contributed by atoms with Gasteiger partial charge in [0.05, 0.1) is 19.8 Å². The van der Waals surface area contributed by atoms with Crippen molar-refractivity contribution in [3.05, 3.63) is 23.9 Å². The number of amides is 2. The molecule has 0 aliphatic carbocycles. The summed E-state index contributed by atoms with van der Waals surface area (Å²) in [5.41, 5.74) is 1.01. The van der Waals surface area contributed by atoms with Crippen LogP contribution >= 0.6 is 0 Å². The fourth-order valence-electron chi connectivity index (χ4n) is 4.63. The zero-order valence-corrected chi connectivity index (χ0v) is 17.9. The molecule has 166 valence electrons. The summed E-state index contributed by atoms with van der Waals surface area (Å²) in [5, 5.41) is 6.04. The fraction of sp³-hybridized carbons (Fsp3) is 0.727. The number of aromatic nitrogens is 1. The van der Waals surface area contributed by atoms with E-state index in [0.29, 0.717) is 25.0 Å². The van der Waals surface area contributed by atoms with Crippen LogP contribution in [0.4, 0.5) is 10.6 Å². The van der Waals surface area contributed by atoms with Crippen LogP contribution in [-0.4, -0.2) is 81.1 Å². The zero-order chi connectivity index (χ0) is 20.6. The van der Waals surface area contributed by atoms with Gasteiger partial charge in [-0.05, 0) is 37.3 Å². The molecule has 3 saturated heterocycles. The van der Waals surface area contributed by atoms with E-state index in [4.69, 9.17) is 9.47 Å². The Morgan fingerprint density at radius 1 is 1.07 bits per heavy atom. The molecule has 0 aromatic carbocycles. The first-order valence-corrected chi connectivity index (χ1v) is 11.4. The van der Waals surface area contributed by atoms with Gasteiger partial charge >= 0.3 is 6.03 Å². The molecule has 8 heteroatoms. The maximum absolute atomic E-state index is 12.4. The number of carbonyl (C=O) groups is 1. The van der Waals surface area contributed by atoms with E-state index < -0.39 is 0 Å². The minimum Gasteiger partial charge on any atom is -0.381 e. The number of rotatable bonds is 7. The number of carbonyl (C=O) groups excluding carboxylic acids is 1. The van der Waals surface area contributed by atoms with Crippen molar-refractivity contribution in [2.24, 2.45) is 5.92 Å². The predicted octanol–water partition coefficient (Wildman–Crippen LogP) is 1.61. The molecule has 2 unspecified atom stereocenters. The average Bonchev–Trinajstić information content (AvgIpc) is 3.34. The van der Waals surface area contributed by atoms with Crippen molar-refractivity contribution in [3.63, 3.8) is 0 Å². The summed E-state index contributed by atoms with van der Waals surface area (Å²) < 4.78 is 11.1. The van der Waals surface area contributed by atoms with E-state index in [1.807, 2.05) is 6.20 Å². The Morgan fingerprint density at radius 2 is 1.90 bits per heavy atom. The number of piperidine rings is 1. The summed E-state index contributed by atoms with van der Waals surface area (Å²) in [4.78, 5) is 21.8. The zero-order valence-electron chi connectivity index (χ0n) is 17.9. The van der Waals surface area contributed by atoms with Crippen LogP contribution in [0.25, 0.3) is 0 Å². The first-order chi connectivity index (χ1) is 14.8. The van der Waals surface area contributed by atoms with Gasteiger partial charge in [-0.25, -0.2) is 9.78 Å². The lowest BCUT2D eigenvalue weighted by atomic mass is 9.97. The summed E-state index contributed by atoms with van der Waals surface area (Å²) >= 11 is 0. The van der Waals surface area contributed by atoms with Gasteiger partial charge in [-0.2, -0.15) is 0 Å². The van der Waals surface area contributed by atoms with Crippen LogP contribution in [0.5, 0.6) is 0 Å². The van der Waals surface area contributed by atoms with Gasteiger partial charge in [-0.3, -0.25) is 4.90 Å². The maximum atomic E-state index is 12.4. The van der Waals surface area contributed by atoms with Crippen molar-refractivity contribution < 1.29 is 14.3 Å². The largest absolute Gasteiger partial charge is 0.381 e. The predicted molar refractivity (Wildman–Crippen MR) is 116 cm³/mol. The number of hydrogen-bond donors (Lipinski definition) is 2. The van der Waals surface area contributed by atoms with Gasteiger partial charge in [0.15, 0.2) is 0 Å². The summed E-state index contributed by atoms with van der Waals surface area (Å²) in [6, 6.07) is 4.29. The van der Waals surface area contributed by atoms with Gasteiger partial charge in [0.1, 0.15) is 5.82 Å². The molecule has 2 atom stereocenters. The highest BCUT2D eigenvalue weighted by Crippen LogP contribution is 2.22. The summed E-state index contributed by atoms with van der Waals surface area (Å²) in [7, 11) is 0. The lowest BCUT2D eigenvalue weighted by molar-refractivity contribution is 0.00212. The number of hydrogen-bond acceptors (Lipinski definition) is 6. The summed E-state index contributed by atoms with van der Waals surface area (Å²) in [6.45, 7) is 8.23. The molecule has 0 saturated carbocycles. The molecule has 4 rings (SSSR count). The van der Waals surface area contributed by atoms with Gasteiger partial charge in [0.2, 0.25) is 0 Å². The molecule has 1 aromatic heterocycles. The highest BCUT2D eigenvalue weighted by molar-refractivity contribution is 5.73. The maximum Gasteiger partial charge on any atom is 0.315 e. The summed E-state index contributed by atoms with van der Waals surface area (Å²) in [6.07, 6.45) is 6.72. The average molecular weight is 418 g/mol. The molecular formula is C22H35N5O3. The Balaban J connectivity index is 1.23. The third kappa shape index (κ3) is 5.83. The second-order valence-corrected chi connectivity index (χ2v) is 8.48. The lowest BCUT2D eigenvalue weighted by Gasteiger charge is -2.37.